The monoisotopic (exact) mass is 288 g/mol. The molecule has 1 aromatic rings. The van der Waals surface area contributed by atoms with Crippen LogP contribution in [0.25, 0.3) is 0 Å². The summed E-state index contributed by atoms with van der Waals surface area (Å²) in [5, 5.41) is 0. The summed E-state index contributed by atoms with van der Waals surface area (Å²) in [6.07, 6.45) is 1.86. The predicted molar refractivity (Wildman–Crippen MR) is 82.9 cm³/mol. The van der Waals surface area contributed by atoms with Crippen LogP contribution in [-0.2, 0) is 9.59 Å². The molecule has 2 rings (SSSR count). The van der Waals surface area contributed by atoms with Gasteiger partial charge in [-0.15, -0.1) is 0 Å². The van der Waals surface area contributed by atoms with E-state index in [-0.39, 0.29) is 17.7 Å². The van der Waals surface area contributed by atoms with Crippen LogP contribution in [0.15, 0.2) is 30.3 Å². The van der Waals surface area contributed by atoms with Crippen LogP contribution in [0.3, 0.4) is 0 Å². The molecule has 0 aliphatic carbocycles. The van der Waals surface area contributed by atoms with Crippen molar-refractivity contribution in [3.63, 3.8) is 0 Å². The van der Waals surface area contributed by atoms with Crippen LogP contribution in [0, 0.1) is 0 Å². The first-order valence-corrected chi connectivity index (χ1v) is 7.72. The van der Waals surface area contributed by atoms with Crippen LogP contribution in [-0.4, -0.2) is 47.8 Å². The second-order valence-corrected chi connectivity index (χ2v) is 5.58. The molecule has 0 radical (unpaired) electrons. The quantitative estimate of drug-likeness (QED) is 0.852. The summed E-state index contributed by atoms with van der Waals surface area (Å²) in [6.45, 7) is 6.28. The maximum Gasteiger partial charge on any atom is 0.230 e. The summed E-state index contributed by atoms with van der Waals surface area (Å²) in [6, 6.07) is 10.0. The van der Waals surface area contributed by atoms with E-state index in [2.05, 4.69) is 6.92 Å². The summed E-state index contributed by atoms with van der Waals surface area (Å²) in [5.74, 6) is 0.238. The topological polar surface area (TPSA) is 40.6 Å². The molecule has 1 aliphatic heterocycles. The third-order valence-corrected chi connectivity index (χ3v) is 4.11. The smallest absolute Gasteiger partial charge is 0.230 e. The molecule has 0 spiro atoms. The van der Waals surface area contributed by atoms with Gasteiger partial charge in [0.05, 0.1) is 5.92 Å². The number of carbonyl (C=O) groups is 2. The van der Waals surface area contributed by atoms with Gasteiger partial charge in [-0.1, -0.05) is 43.7 Å². The Kier molecular flexibility index (Phi) is 5.37. The molecule has 1 aliphatic rings. The first kappa shape index (κ1) is 15.5. The van der Waals surface area contributed by atoms with Crippen LogP contribution in [0.5, 0.6) is 0 Å². The van der Waals surface area contributed by atoms with E-state index >= 15 is 0 Å². The van der Waals surface area contributed by atoms with Gasteiger partial charge in [0.2, 0.25) is 11.8 Å². The molecule has 1 fully saturated rings. The molecule has 4 nitrogen and oxygen atoms in total. The van der Waals surface area contributed by atoms with Crippen LogP contribution in [0.4, 0.5) is 0 Å². The number of benzene rings is 1. The zero-order valence-corrected chi connectivity index (χ0v) is 12.9. The summed E-state index contributed by atoms with van der Waals surface area (Å²) in [7, 11) is 0. The first-order valence-electron chi connectivity index (χ1n) is 7.72. The predicted octanol–water partition coefficient (Wildman–Crippen LogP) is 2.26. The Balaban J connectivity index is 2.04. The molecule has 0 N–H and O–H groups in total. The van der Waals surface area contributed by atoms with Crippen molar-refractivity contribution in [2.45, 2.75) is 32.6 Å². The van der Waals surface area contributed by atoms with Crippen LogP contribution >= 0.6 is 0 Å². The van der Waals surface area contributed by atoms with Gasteiger partial charge in [-0.05, 0) is 12.0 Å². The molecule has 21 heavy (non-hydrogen) atoms. The van der Waals surface area contributed by atoms with Crippen molar-refractivity contribution >= 4 is 11.8 Å². The Bertz CT molecular complexity index is 479. The van der Waals surface area contributed by atoms with Crippen molar-refractivity contribution in [2.75, 3.05) is 26.2 Å². The molecule has 0 bridgehead atoms. The lowest BCUT2D eigenvalue weighted by Gasteiger charge is -2.36. The van der Waals surface area contributed by atoms with Crippen molar-refractivity contribution < 1.29 is 9.59 Å². The minimum Gasteiger partial charge on any atom is -0.339 e. The summed E-state index contributed by atoms with van der Waals surface area (Å²) >= 11 is 0. The van der Waals surface area contributed by atoms with Gasteiger partial charge in [0.25, 0.3) is 0 Å². The maximum atomic E-state index is 12.8. The molecule has 1 heterocycles. The van der Waals surface area contributed by atoms with Crippen LogP contribution in [0.2, 0.25) is 0 Å². The molecule has 0 aromatic heterocycles. The normalized spacial score (nSPS) is 16.7. The summed E-state index contributed by atoms with van der Waals surface area (Å²) in [4.78, 5) is 27.9. The van der Waals surface area contributed by atoms with E-state index in [4.69, 9.17) is 0 Å². The fourth-order valence-corrected chi connectivity index (χ4v) is 2.87. The lowest BCUT2D eigenvalue weighted by molar-refractivity contribution is -0.139. The molecule has 1 atom stereocenters. The van der Waals surface area contributed by atoms with E-state index in [0.29, 0.717) is 26.2 Å². The van der Waals surface area contributed by atoms with Gasteiger partial charge in [0.1, 0.15) is 0 Å². The third kappa shape index (κ3) is 3.84. The SMILES string of the molecule is CCCC(C(=O)N1CCN(C(C)=O)CC1)c1ccccc1. The molecule has 2 amide bonds. The number of rotatable bonds is 4. The van der Waals surface area contributed by atoms with E-state index in [9.17, 15) is 9.59 Å². The molecule has 114 valence electrons. The Morgan fingerprint density at radius 3 is 2.14 bits per heavy atom. The largest absolute Gasteiger partial charge is 0.339 e. The minimum absolute atomic E-state index is 0.0555. The van der Waals surface area contributed by atoms with Crippen molar-refractivity contribution in [1.29, 1.82) is 0 Å². The van der Waals surface area contributed by atoms with Gasteiger partial charge < -0.3 is 9.80 Å². The van der Waals surface area contributed by atoms with Gasteiger partial charge in [-0.2, -0.15) is 0 Å². The Hall–Kier alpha value is -1.84. The fraction of sp³-hybridized carbons (Fsp3) is 0.529. The van der Waals surface area contributed by atoms with Gasteiger partial charge in [0.15, 0.2) is 0 Å². The van der Waals surface area contributed by atoms with E-state index < -0.39 is 0 Å². The lowest BCUT2D eigenvalue weighted by atomic mass is 9.93. The van der Waals surface area contributed by atoms with Crippen molar-refractivity contribution in [3.05, 3.63) is 35.9 Å². The van der Waals surface area contributed by atoms with Crippen LogP contribution in [0.1, 0.15) is 38.2 Å². The lowest BCUT2D eigenvalue weighted by Crippen LogP contribution is -2.51. The Morgan fingerprint density at radius 1 is 1.05 bits per heavy atom. The average Bonchev–Trinajstić information content (AvgIpc) is 2.53. The molecular weight excluding hydrogens is 264 g/mol. The molecule has 0 saturated carbocycles. The number of hydrogen-bond acceptors (Lipinski definition) is 2. The summed E-state index contributed by atoms with van der Waals surface area (Å²) < 4.78 is 0. The third-order valence-electron chi connectivity index (χ3n) is 4.11. The van der Waals surface area contributed by atoms with E-state index in [1.807, 2.05) is 35.2 Å². The molecule has 1 saturated heterocycles. The second-order valence-electron chi connectivity index (χ2n) is 5.58. The van der Waals surface area contributed by atoms with Crippen molar-refractivity contribution in [3.8, 4) is 0 Å². The average molecular weight is 288 g/mol. The minimum atomic E-state index is -0.0555. The van der Waals surface area contributed by atoms with Gasteiger partial charge >= 0.3 is 0 Å². The number of nitrogens with zero attached hydrogens (tertiary/aromatic N) is 2. The van der Waals surface area contributed by atoms with Crippen molar-refractivity contribution in [1.82, 2.24) is 9.80 Å². The zero-order chi connectivity index (χ0) is 15.2. The second kappa shape index (κ2) is 7.25. The highest BCUT2D eigenvalue weighted by molar-refractivity contribution is 5.84. The molecule has 4 heteroatoms. The number of hydrogen-bond donors (Lipinski definition) is 0. The van der Waals surface area contributed by atoms with E-state index in [0.717, 1.165) is 18.4 Å². The van der Waals surface area contributed by atoms with Crippen LogP contribution < -0.4 is 0 Å². The molecular formula is C17H24N2O2. The van der Waals surface area contributed by atoms with Crippen molar-refractivity contribution in [2.24, 2.45) is 0 Å². The van der Waals surface area contributed by atoms with Gasteiger partial charge in [-0.3, -0.25) is 9.59 Å². The Labute approximate surface area is 126 Å². The highest BCUT2D eigenvalue weighted by Crippen LogP contribution is 2.24. The Morgan fingerprint density at radius 2 is 1.62 bits per heavy atom. The number of piperazine rings is 1. The highest BCUT2D eigenvalue weighted by Gasteiger charge is 2.28. The maximum absolute atomic E-state index is 12.8. The zero-order valence-electron chi connectivity index (χ0n) is 12.9. The standard InChI is InChI=1S/C17H24N2O2/c1-3-7-16(15-8-5-4-6-9-15)17(21)19-12-10-18(11-13-19)14(2)20/h4-6,8-9,16H,3,7,10-13H2,1-2H3. The number of amides is 2. The highest BCUT2D eigenvalue weighted by atomic mass is 16.2. The summed E-state index contributed by atoms with van der Waals surface area (Å²) in [5.41, 5.74) is 1.10. The molecule has 1 unspecified atom stereocenters. The van der Waals surface area contributed by atoms with Gasteiger partial charge in [0, 0.05) is 33.1 Å². The number of carbonyl (C=O) groups excluding carboxylic acids is 2. The fourth-order valence-electron chi connectivity index (χ4n) is 2.87. The van der Waals surface area contributed by atoms with Gasteiger partial charge in [-0.25, -0.2) is 0 Å². The van der Waals surface area contributed by atoms with E-state index in [1.54, 1.807) is 11.8 Å². The molecule has 1 aromatic carbocycles. The first-order chi connectivity index (χ1) is 10.1. The van der Waals surface area contributed by atoms with E-state index in [1.165, 1.54) is 0 Å².